The van der Waals surface area contributed by atoms with Gasteiger partial charge in [-0.15, -0.1) is 0 Å². The lowest BCUT2D eigenvalue weighted by molar-refractivity contribution is -0.110. The highest BCUT2D eigenvalue weighted by Crippen LogP contribution is 2.41. The number of aliphatic hydroxyl groups is 1. The minimum absolute atomic E-state index is 0.0306. The van der Waals surface area contributed by atoms with E-state index in [1.165, 1.54) is 0 Å². The highest BCUT2D eigenvalue weighted by atomic mass is 35.5. The number of carbonyl (C=O) groups is 2. The fraction of sp³-hybridized carbons (Fsp3) is 0.310. The first-order valence-electron chi connectivity index (χ1n) is 13.0. The number of nitrogens with one attached hydrogen (secondary N) is 3. The van der Waals surface area contributed by atoms with E-state index in [9.17, 15) is 23.1 Å². The van der Waals surface area contributed by atoms with Gasteiger partial charge >= 0.3 is 0 Å². The summed E-state index contributed by atoms with van der Waals surface area (Å²) in [5.74, 6) is -0.414. The Morgan fingerprint density at radius 2 is 1.85 bits per heavy atom. The molecule has 3 aromatic rings. The van der Waals surface area contributed by atoms with Gasteiger partial charge in [0.05, 0.1) is 28.7 Å². The first-order valence-corrected chi connectivity index (χ1v) is 15.2. The lowest BCUT2D eigenvalue weighted by atomic mass is 9.94. The number of aryl methyl sites for hydroxylation is 1. The van der Waals surface area contributed by atoms with Crippen LogP contribution in [0.15, 0.2) is 42.5 Å². The average molecular weight is 583 g/mol. The van der Waals surface area contributed by atoms with Gasteiger partial charge in [-0.05, 0) is 54.8 Å². The molecule has 5 rings (SSSR count). The van der Waals surface area contributed by atoms with E-state index >= 15 is 0 Å². The standard InChI is InChI=1S/C29H31ClN4O5S/c1-17-25(14-23-27-22(19-6-8-20(30)9-7-19)4-3-5-24(27)33-28(23)36)32-18(2)26(17)29(37)31-15-21(35)16-34-10-12-40(38,39)13-11-34/h3-9,14,21,32,35H,10-13,15-16H2,1-2H3,(H,31,37)(H,33,36)/b23-14-. The topological polar surface area (TPSA) is 132 Å². The van der Waals surface area contributed by atoms with Crippen molar-refractivity contribution in [3.63, 3.8) is 0 Å². The van der Waals surface area contributed by atoms with Crippen molar-refractivity contribution < 1.29 is 23.1 Å². The van der Waals surface area contributed by atoms with Crippen LogP contribution in [0.1, 0.15) is 32.9 Å². The van der Waals surface area contributed by atoms with E-state index in [2.05, 4.69) is 15.6 Å². The van der Waals surface area contributed by atoms with Crippen molar-refractivity contribution in [2.24, 2.45) is 0 Å². The van der Waals surface area contributed by atoms with Crippen LogP contribution < -0.4 is 10.6 Å². The molecule has 0 spiro atoms. The SMILES string of the molecule is Cc1[nH]c(/C=C2\C(=O)Nc3cccc(-c4ccc(Cl)cc4)c32)c(C)c1C(=O)NCC(O)CN1CCS(=O)(=O)CC1. The highest BCUT2D eigenvalue weighted by Gasteiger charge is 2.29. The van der Waals surface area contributed by atoms with E-state index < -0.39 is 15.9 Å². The largest absolute Gasteiger partial charge is 0.390 e. The quantitative estimate of drug-likeness (QED) is 0.316. The van der Waals surface area contributed by atoms with Gasteiger partial charge in [0.1, 0.15) is 0 Å². The number of benzene rings is 2. The highest BCUT2D eigenvalue weighted by molar-refractivity contribution is 7.91. The number of anilines is 1. The van der Waals surface area contributed by atoms with Crippen LogP contribution >= 0.6 is 11.6 Å². The number of H-pyrrole nitrogens is 1. The smallest absolute Gasteiger partial charge is 0.256 e. The predicted octanol–water partition coefficient (Wildman–Crippen LogP) is 3.27. The molecule has 0 radical (unpaired) electrons. The number of carbonyl (C=O) groups excluding carboxylic acids is 2. The summed E-state index contributed by atoms with van der Waals surface area (Å²) in [5, 5.41) is 16.8. The summed E-state index contributed by atoms with van der Waals surface area (Å²) in [4.78, 5) is 31.3. The molecule has 1 aromatic heterocycles. The molecule has 2 aliphatic rings. The number of amides is 2. The summed E-state index contributed by atoms with van der Waals surface area (Å²) >= 11 is 6.08. The van der Waals surface area contributed by atoms with Crippen molar-refractivity contribution in [1.29, 1.82) is 0 Å². The zero-order valence-electron chi connectivity index (χ0n) is 22.3. The maximum absolute atomic E-state index is 13.1. The molecule has 0 aliphatic carbocycles. The van der Waals surface area contributed by atoms with E-state index in [0.717, 1.165) is 16.7 Å². The Bertz CT molecular complexity index is 1600. The number of aliphatic hydroxyl groups excluding tert-OH is 1. The van der Waals surface area contributed by atoms with Crippen LogP contribution in [0, 0.1) is 13.8 Å². The molecule has 0 bridgehead atoms. The Morgan fingerprint density at radius 1 is 1.15 bits per heavy atom. The van der Waals surface area contributed by atoms with Crippen LogP contribution in [0.3, 0.4) is 0 Å². The Kier molecular flexibility index (Phi) is 7.87. The third-order valence-electron chi connectivity index (χ3n) is 7.38. The van der Waals surface area contributed by atoms with Crippen LogP contribution in [0.2, 0.25) is 5.02 Å². The zero-order valence-corrected chi connectivity index (χ0v) is 23.8. The van der Waals surface area contributed by atoms with Crippen LogP contribution in [-0.2, 0) is 14.6 Å². The molecule has 210 valence electrons. The van der Waals surface area contributed by atoms with E-state index in [1.54, 1.807) is 25.1 Å². The molecule has 1 unspecified atom stereocenters. The predicted molar refractivity (Wildman–Crippen MR) is 157 cm³/mol. The van der Waals surface area contributed by atoms with Gasteiger partial charge in [-0.25, -0.2) is 8.42 Å². The van der Waals surface area contributed by atoms with Crippen molar-refractivity contribution in [1.82, 2.24) is 15.2 Å². The summed E-state index contributed by atoms with van der Waals surface area (Å²) in [6.45, 7) is 4.66. The maximum Gasteiger partial charge on any atom is 0.256 e. The molecule has 9 nitrogen and oxygen atoms in total. The van der Waals surface area contributed by atoms with Gasteiger partial charge in [-0.3, -0.25) is 14.5 Å². The normalized spacial score (nSPS) is 18.4. The van der Waals surface area contributed by atoms with Crippen molar-refractivity contribution in [2.75, 3.05) is 43.0 Å². The maximum atomic E-state index is 13.1. The molecule has 0 saturated carbocycles. The number of β-amino-alcohol motifs (C(OH)–C–C–N with tert-alkyl or cyclic N) is 1. The molecular weight excluding hydrogens is 552 g/mol. The fourth-order valence-electron chi connectivity index (χ4n) is 5.26. The number of hydrogen-bond donors (Lipinski definition) is 4. The molecule has 40 heavy (non-hydrogen) atoms. The lowest BCUT2D eigenvalue weighted by Crippen LogP contribution is -2.46. The van der Waals surface area contributed by atoms with E-state index in [4.69, 9.17) is 11.6 Å². The zero-order chi connectivity index (χ0) is 28.6. The second-order valence-electron chi connectivity index (χ2n) is 10.2. The summed E-state index contributed by atoms with van der Waals surface area (Å²) in [5.41, 5.74) is 6.20. The Hall–Kier alpha value is -3.44. The summed E-state index contributed by atoms with van der Waals surface area (Å²) in [7, 11) is -3.00. The summed E-state index contributed by atoms with van der Waals surface area (Å²) in [6.07, 6.45) is 0.926. The Labute approximate surface area is 238 Å². The van der Waals surface area contributed by atoms with Crippen molar-refractivity contribution in [3.05, 3.63) is 75.6 Å². The van der Waals surface area contributed by atoms with Gasteiger partial charge in [-0.1, -0.05) is 35.9 Å². The van der Waals surface area contributed by atoms with Crippen molar-refractivity contribution >= 4 is 50.6 Å². The van der Waals surface area contributed by atoms with Gasteiger partial charge in [0.15, 0.2) is 9.84 Å². The van der Waals surface area contributed by atoms with Crippen LogP contribution in [0.5, 0.6) is 0 Å². The van der Waals surface area contributed by atoms with Crippen LogP contribution in [-0.4, -0.2) is 79.0 Å². The van der Waals surface area contributed by atoms with Gasteiger partial charge < -0.3 is 20.7 Å². The molecule has 11 heteroatoms. The first-order chi connectivity index (χ1) is 19.0. The van der Waals surface area contributed by atoms with E-state index in [0.29, 0.717) is 51.9 Å². The number of hydrogen-bond acceptors (Lipinski definition) is 6. The Balaban J connectivity index is 1.34. The average Bonchev–Trinajstić information content (AvgIpc) is 3.38. The minimum atomic E-state index is -3.00. The lowest BCUT2D eigenvalue weighted by Gasteiger charge is -2.28. The molecule has 2 amide bonds. The monoisotopic (exact) mass is 582 g/mol. The van der Waals surface area contributed by atoms with Gasteiger partial charge in [-0.2, -0.15) is 0 Å². The molecule has 1 fully saturated rings. The van der Waals surface area contributed by atoms with Gasteiger partial charge in [0.25, 0.3) is 11.8 Å². The molecule has 2 aromatic carbocycles. The van der Waals surface area contributed by atoms with Crippen LogP contribution in [0.25, 0.3) is 22.8 Å². The second-order valence-corrected chi connectivity index (χ2v) is 13.0. The number of sulfone groups is 1. The molecular formula is C29H31ClN4O5S. The number of fused-ring (bicyclic) bond motifs is 1. The van der Waals surface area contributed by atoms with E-state index in [1.807, 2.05) is 42.2 Å². The third-order valence-corrected chi connectivity index (χ3v) is 9.24. The molecule has 1 atom stereocenters. The first kappa shape index (κ1) is 28.1. The van der Waals surface area contributed by atoms with Gasteiger partial charge in [0.2, 0.25) is 0 Å². The molecule has 1 saturated heterocycles. The number of nitrogens with zero attached hydrogens (tertiary/aromatic N) is 1. The fourth-order valence-corrected chi connectivity index (χ4v) is 6.66. The van der Waals surface area contributed by atoms with E-state index in [-0.39, 0.29) is 36.4 Å². The van der Waals surface area contributed by atoms with Crippen molar-refractivity contribution in [3.8, 4) is 11.1 Å². The third kappa shape index (κ3) is 5.85. The Morgan fingerprint density at radius 3 is 2.55 bits per heavy atom. The van der Waals surface area contributed by atoms with Crippen molar-refractivity contribution in [2.45, 2.75) is 20.0 Å². The summed E-state index contributed by atoms with van der Waals surface area (Å²) < 4.78 is 23.2. The van der Waals surface area contributed by atoms with Gasteiger partial charge in [0, 0.05) is 53.8 Å². The number of aromatic amines is 1. The van der Waals surface area contributed by atoms with Crippen LogP contribution in [0.4, 0.5) is 5.69 Å². The second kappa shape index (κ2) is 11.2. The molecule has 2 aliphatic heterocycles. The number of rotatable bonds is 7. The number of halogens is 1. The summed E-state index contributed by atoms with van der Waals surface area (Å²) in [6, 6.07) is 13.1. The minimum Gasteiger partial charge on any atom is -0.390 e. The number of aromatic nitrogens is 1. The molecule has 3 heterocycles. The molecule has 4 N–H and O–H groups in total.